The van der Waals surface area contributed by atoms with Gasteiger partial charge in [0.15, 0.2) is 0 Å². The fourth-order valence-electron chi connectivity index (χ4n) is 0.976. The van der Waals surface area contributed by atoms with E-state index in [0.717, 1.165) is 4.47 Å². The van der Waals surface area contributed by atoms with Crippen LogP contribution in [0, 0.1) is 0 Å². The highest BCUT2D eigenvalue weighted by Gasteiger charge is 2.05. The molecule has 0 aromatic heterocycles. The first-order chi connectivity index (χ1) is 6.13. The highest BCUT2D eigenvalue weighted by atomic mass is 79.9. The molecular formula is C9H9BrO3. The maximum atomic E-state index is 10.5. The van der Waals surface area contributed by atoms with Gasteiger partial charge < -0.3 is 9.84 Å². The number of benzene rings is 1. The Morgan fingerprint density at radius 2 is 2.31 bits per heavy atom. The van der Waals surface area contributed by atoms with Crippen LogP contribution in [0.3, 0.4) is 0 Å². The minimum absolute atomic E-state index is 0.00220. The molecule has 0 amide bonds. The minimum Gasteiger partial charge on any atom is -0.497 e. The molecule has 0 saturated heterocycles. The number of aliphatic carboxylic acids is 1. The van der Waals surface area contributed by atoms with Crippen molar-refractivity contribution in [2.45, 2.75) is 6.42 Å². The van der Waals surface area contributed by atoms with E-state index in [4.69, 9.17) is 9.84 Å². The molecule has 3 nitrogen and oxygen atoms in total. The maximum Gasteiger partial charge on any atom is 0.307 e. The van der Waals surface area contributed by atoms with Gasteiger partial charge in [0.1, 0.15) is 5.75 Å². The first-order valence-corrected chi connectivity index (χ1v) is 4.47. The SMILES string of the molecule is COc1ccc(Br)c(CC(=O)O)c1. The summed E-state index contributed by atoms with van der Waals surface area (Å²) >= 11 is 3.27. The standard InChI is InChI=1S/C9H9BrO3/c1-13-7-2-3-8(10)6(4-7)5-9(11)12/h2-4H,5H2,1H3,(H,11,12). The van der Waals surface area contributed by atoms with E-state index in [9.17, 15) is 4.79 Å². The third kappa shape index (κ3) is 2.73. The topological polar surface area (TPSA) is 46.5 Å². The van der Waals surface area contributed by atoms with Crippen molar-refractivity contribution < 1.29 is 14.6 Å². The number of carboxylic acids is 1. The third-order valence-corrected chi connectivity index (χ3v) is 2.37. The molecule has 1 N–H and O–H groups in total. The van der Waals surface area contributed by atoms with Crippen LogP contribution in [0.2, 0.25) is 0 Å². The van der Waals surface area contributed by atoms with Crippen LogP contribution in [0.4, 0.5) is 0 Å². The Hall–Kier alpha value is -1.03. The van der Waals surface area contributed by atoms with Crippen LogP contribution in [0.5, 0.6) is 5.75 Å². The Labute approximate surface area is 84.5 Å². The van der Waals surface area contributed by atoms with E-state index in [2.05, 4.69) is 15.9 Å². The molecule has 0 saturated carbocycles. The molecule has 0 heterocycles. The van der Waals surface area contributed by atoms with Crippen LogP contribution >= 0.6 is 15.9 Å². The molecular weight excluding hydrogens is 236 g/mol. The van der Waals surface area contributed by atoms with Gasteiger partial charge in [-0.15, -0.1) is 0 Å². The van der Waals surface area contributed by atoms with Crippen molar-refractivity contribution >= 4 is 21.9 Å². The maximum absolute atomic E-state index is 10.5. The summed E-state index contributed by atoms with van der Waals surface area (Å²) in [6, 6.07) is 5.25. The van der Waals surface area contributed by atoms with Gasteiger partial charge in [-0.3, -0.25) is 4.79 Å². The van der Waals surface area contributed by atoms with Crippen molar-refractivity contribution in [2.75, 3.05) is 7.11 Å². The summed E-state index contributed by atoms with van der Waals surface area (Å²) < 4.78 is 5.77. The zero-order chi connectivity index (χ0) is 9.84. The molecule has 0 unspecified atom stereocenters. The highest BCUT2D eigenvalue weighted by molar-refractivity contribution is 9.10. The molecule has 0 aliphatic rings. The first kappa shape index (κ1) is 10.1. The molecule has 0 radical (unpaired) electrons. The van der Waals surface area contributed by atoms with Crippen LogP contribution in [-0.4, -0.2) is 18.2 Å². The van der Waals surface area contributed by atoms with E-state index < -0.39 is 5.97 Å². The monoisotopic (exact) mass is 244 g/mol. The average Bonchev–Trinajstić information content (AvgIpc) is 2.08. The van der Waals surface area contributed by atoms with Gasteiger partial charge in [0.25, 0.3) is 0 Å². The predicted molar refractivity (Wildman–Crippen MR) is 52.0 cm³/mol. The third-order valence-electron chi connectivity index (χ3n) is 1.59. The number of hydrogen-bond acceptors (Lipinski definition) is 2. The van der Waals surface area contributed by atoms with Gasteiger partial charge >= 0.3 is 5.97 Å². The molecule has 70 valence electrons. The number of carbonyl (C=O) groups is 1. The number of ether oxygens (including phenoxy) is 1. The molecule has 13 heavy (non-hydrogen) atoms. The van der Waals surface area contributed by atoms with Gasteiger partial charge in [-0.1, -0.05) is 15.9 Å². The van der Waals surface area contributed by atoms with Crippen LogP contribution in [-0.2, 0) is 11.2 Å². The van der Waals surface area contributed by atoms with Crippen molar-refractivity contribution in [2.24, 2.45) is 0 Å². The van der Waals surface area contributed by atoms with Crippen molar-refractivity contribution in [3.63, 3.8) is 0 Å². The molecule has 0 atom stereocenters. The Morgan fingerprint density at radius 1 is 1.62 bits per heavy atom. The summed E-state index contributed by atoms with van der Waals surface area (Å²) in [6.45, 7) is 0. The lowest BCUT2D eigenvalue weighted by molar-refractivity contribution is -0.136. The molecule has 0 bridgehead atoms. The van der Waals surface area contributed by atoms with Crippen molar-refractivity contribution in [3.8, 4) is 5.75 Å². The molecule has 1 aromatic rings. The van der Waals surface area contributed by atoms with Crippen LogP contribution in [0.25, 0.3) is 0 Å². The Bertz CT molecular complexity index is 323. The smallest absolute Gasteiger partial charge is 0.307 e. The molecule has 0 fully saturated rings. The minimum atomic E-state index is -0.853. The molecule has 0 spiro atoms. The summed E-state index contributed by atoms with van der Waals surface area (Å²) in [7, 11) is 1.55. The Kier molecular flexibility index (Phi) is 3.31. The number of methoxy groups -OCH3 is 1. The van der Waals surface area contributed by atoms with Crippen molar-refractivity contribution in [3.05, 3.63) is 28.2 Å². The summed E-state index contributed by atoms with van der Waals surface area (Å²) in [5.41, 5.74) is 0.715. The normalized spacial score (nSPS) is 9.69. The van der Waals surface area contributed by atoms with Crippen molar-refractivity contribution in [1.82, 2.24) is 0 Å². The fourth-order valence-corrected chi connectivity index (χ4v) is 1.36. The average molecular weight is 245 g/mol. The van der Waals surface area contributed by atoms with Gasteiger partial charge in [0.05, 0.1) is 13.5 Å². The fraction of sp³-hybridized carbons (Fsp3) is 0.222. The zero-order valence-electron chi connectivity index (χ0n) is 7.08. The second kappa shape index (κ2) is 4.28. The zero-order valence-corrected chi connectivity index (χ0v) is 8.67. The van der Waals surface area contributed by atoms with Gasteiger partial charge in [-0.05, 0) is 23.8 Å². The lowest BCUT2D eigenvalue weighted by Crippen LogP contribution is -2.01. The number of rotatable bonds is 3. The van der Waals surface area contributed by atoms with Crippen molar-refractivity contribution in [1.29, 1.82) is 0 Å². The van der Waals surface area contributed by atoms with Gasteiger partial charge in [-0.25, -0.2) is 0 Å². The lowest BCUT2D eigenvalue weighted by atomic mass is 10.1. The van der Waals surface area contributed by atoms with Gasteiger partial charge in [0, 0.05) is 4.47 Å². The largest absolute Gasteiger partial charge is 0.497 e. The quantitative estimate of drug-likeness (QED) is 0.886. The number of halogens is 1. The van der Waals surface area contributed by atoms with E-state index in [1.54, 1.807) is 25.3 Å². The molecule has 1 aromatic carbocycles. The van der Waals surface area contributed by atoms with Gasteiger partial charge in [0.2, 0.25) is 0 Å². The van der Waals surface area contributed by atoms with Crippen LogP contribution in [0.15, 0.2) is 22.7 Å². The number of hydrogen-bond donors (Lipinski definition) is 1. The summed E-state index contributed by atoms with van der Waals surface area (Å²) in [4.78, 5) is 10.5. The van der Waals surface area contributed by atoms with Crippen LogP contribution < -0.4 is 4.74 Å². The predicted octanol–water partition coefficient (Wildman–Crippen LogP) is 2.08. The molecule has 0 aliphatic carbocycles. The highest BCUT2D eigenvalue weighted by Crippen LogP contribution is 2.22. The van der Waals surface area contributed by atoms with Crippen LogP contribution in [0.1, 0.15) is 5.56 Å². The van der Waals surface area contributed by atoms with Gasteiger partial charge in [-0.2, -0.15) is 0 Å². The van der Waals surface area contributed by atoms with E-state index in [1.165, 1.54) is 0 Å². The first-order valence-electron chi connectivity index (χ1n) is 3.67. The molecule has 1 rings (SSSR count). The van der Waals surface area contributed by atoms with E-state index in [0.29, 0.717) is 11.3 Å². The molecule has 0 aliphatic heterocycles. The second-order valence-electron chi connectivity index (χ2n) is 2.53. The lowest BCUT2D eigenvalue weighted by Gasteiger charge is -2.04. The Morgan fingerprint density at radius 3 is 2.85 bits per heavy atom. The summed E-state index contributed by atoms with van der Waals surface area (Å²) in [5.74, 6) is -0.187. The Balaban J connectivity index is 2.96. The van der Waals surface area contributed by atoms with E-state index >= 15 is 0 Å². The summed E-state index contributed by atoms with van der Waals surface area (Å²) in [6.07, 6.45) is -0.00220. The van der Waals surface area contributed by atoms with E-state index in [1.807, 2.05) is 0 Å². The molecule has 4 heteroatoms. The summed E-state index contributed by atoms with van der Waals surface area (Å²) in [5, 5.41) is 8.59. The second-order valence-corrected chi connectivity index (χ2v) is 3.38. The van der Waals surface area contributed by atoms with E-state index in [-0.39, 0.29) is 6.42 Å². The number of carboxylic acid groups (broad SMARTS) is 1.